The van der Waals surface area contributed by atoms with Gasteiger partial charge < -0.3 is 10.4 Å². The summed E-state index contributed by atoms with van der Waals surface area (Å²) >= 11 is 0. The number of nitrogens with one attached hydrogen (secondary N) is 1. The molecule has 0 aliphatic rings. The van der Waals surface area contributed by atoms with E-state index in [1.165, 1.54) is 6.07 Å². The lowest BCUT2D eigenvalue weighted by molar-refractivity contribution is -0.138. The Hall–Kier alpha value is -2.23. The molecule has 4 nitrogen and oxygen atoms in total. The summed E-state index contributed by atoms with van der Waals surface area (Å²) in [4.78, 5) is 10.3. The quantitative estimate of drug-likeness (QED) is 0.787. The molecule has 20 heavy (non-hydrogen) atoms. The number of unbranched alkanes of at least 4 members (excludes halogenated alkanes) is 1. The molecular formula is C13H13F3N2O2. The number of benzene rings is 1. The van der Waals surface area contributed by atoms with Gasteiger partial charge in [0.1, 0.15) is 6.07 Å². The highest BCUT2D eigenvalue weighted by atomic mass is 19.4. The maximum Gasteiger partial charge on any atom is 0.416 e. The first-order chi connectivity index (χ1) is 9.34. The smallest absolute Gasteiger partial charge is 0.416 e. The van der Waals surface area contributed by atoms with Crippen LogP contribution in [0.5, 0.6) is 0 Å². The maximum absolute atomic E-state index is 12.5. The molecule has 0 atom stereocenters. The molecule has 0 radical (unpaired) electrons. The number of anilines is 1. The van der Waals surface area contributed by atoms with Crippen LogP contribution in [-0.2, 0) is 11.0 Å². The molecule has 0 bridgehead atoms. The number of carboxylic acids is 1. The number of carbonyl (C=O) groups is 1. The molecule has 1 aromatic carbocycles. The van der Waals surface area contributed by atoms with Crippen molar-refractivity contribution in [3.8, 4) is 6.07 Å². The van der Waals surface area contributed by atoms with E-state index in [-0.39, 0.29) is 12.0 Å². The van der Waals surface area contributed by atoms with E-state index in [1.807, 2.05) is 0 Å². The Morgan fingerprint density at radius 2 is 2.05 bits per heavy atom. The standard InChI is InChI=1S/C13H13F3N2O2/c14-13(15,16)10-4-5-11(9(7-10)8-17)18-6-2-1-3-12(19)20/h4-5,7,18H,1-3,6H2,(H,19,20). The number of hydrogen-bond donors (Lipinski definition) is 2. The molecule has 0 amide bonds. The van der Waals surface area contributed by atoms with Crippen LogP contribution in [0, 0.1) is 11.3 Å². The first-order valence-corrected chi connectivity index (χ1v) is 5.91. The molecule has 1 aromatic rings. The highest BCUT2D eigenvalue weighted by molar-refractivity contribution is 5.66. The number of halogens is 3. The summed E-state index contributed by atoms with van der Waals surface area (Å²) in [5.74, 6) is -0.891. The van der Waals surface area contributed by atoms with E-state index >= 15 is 0 Å². The molecule has 108 valence electrons. The lowest BCUT2D eigenvalue weighted by atomic mass is 10.1. The van der Waals surface area contributed by atoms with E-state index in [0.717, 1.165) is 12.1 Å². The number of carboxylic acid groups (broad SMARTS) is 1. The monoisotopic (exact) mass is 286 g/mol. The second-order valence-corrected chi connectivity index (χ2v) is 4.15. The molecule has 2 N–H and O–H groups in total. The molecular weight excluding hydrogens is 273 g/mol. The van der Waals surface area contributed by atoms with Gasteiger partial charge in [0.15, 0.2) is 0 Å². The minimum Gasteiger partial charge on any atom is -0.481 e. The predicted octanol–water partition coefficient (Wildman–Crippen LogP) is 3.24. The normalized spacial score (nSPS) is 10.9. The van der Waals surface area contributed by atoms with Crippen molar-refractivity contribution in [3.05, 3.63) is 29.3 Å². The van der Waals surface area contributed by atoms with Crippen LogP contribution in [0.3, 0.4) is 0 Å². The van der Waals surface area contributed by atoms with Crippen LogP contribution in [0.4, 0.5) is 18.9 Å². The Bertz CT molecular complexity index is 521. The van der Waals surface area contributed by atoms with Crippen molar-refractivity contribution < 1.29 is 23.1 Å². The van der Waals surface area contributed by atoms with Crippen LogP contribution in [0.2, 0.25) is 0 Å². The topological polar surface area (TPSA) is 73.1 Å². The number of aliphatic carboxylic acids is 1. The summed E-state index contributed by atoms with van der Waals surface area (Å²) in [5, 5.41) is 20.1. The Morgan fingerprint density at radius 1 is 1.35 bits per heavy atom. The lowest BCUT2D eigenvalue weighted by Gasteiger charge is -2.11. The summed E-state index contributed by atoms with van der Waals surface area (Å²) in [7, 11) is 0. The summed E-state index contributed by atoms with van der Waals surface area (Å²) in [6, 6.07) is 4.61. The molecule has 0 heterocycles. The number of alkyl halides is 3. The van der Waals surface area contributed by atoms with Crippen LogP contribution < -0.4 is 5.32 Å². The van der Waals surface area contributed by atoms with E-state index in [1.54, 1.807) is 6.07 Å². The summed E-state index contributed by atoms with van der Waals surface area (Å²) in [6.45, 7) is 0.396. The minimum absolute atomic E-state index is 0.0415. The number of rotatable bonds is 6. The second-order valence-electron chi connectivity index (χ2n) is 4.15. The SMILES string of the molecule is N#Cc1cc(C(F)(F)F)ccc1NCCCCC(=O)O. The summed E-state index contributed by atoms with van der Waals surface area (Å²) < 4.78 is 37.4. The van der Waals surface area contributed by atoms with Crippen LogP contribution in [0.15, 0.2) is 18.2 Å². The van der Waals surface area contributed by atoms with Crippen molar-refractivity contribution in [1.82, 2.24) is 0 Å². The number of nitrogens with zero attached hydrogens (tertiary/aromatic N) is 1. The van der Waals surface area contributed by atoms with Gasteiger partial charge in [-0.3, -0.25) is 4.79 Å². The zero-order valence-corrected chi connectivity index (χ0v) is 10.5. The van der Waals surface area contributed by atoms with Gasteiger partial charge in [-0.15, -0.1) is 0 Å². The molecule has 0 saturated heterocycles. The third-order valence-electron chi connectivity index (χ3n) is 2.60. The molecule has 0 unspecified atom stereocenters. The van der Waals surface area contributed by atoms with Crippen molar-refractivity contribution in [2.24, 2.45) is 0 Å². The third-order valence-corrected chi connectivity index (χ3v) is 2.60. The van der Waals surface area contributed by atoms with Crippen LogP contribution in [0.25, 0.3) is 0 Å². The summed E-state index contributed by atoms with van der Waals surface area (Å²) in [6.07, 6.45) is -3.42. The molecule has 0 saturated carbocycles. The first-order valence-electron chi connectivity index (χ1n) is 5.91. The highest BCUT2D eigenvalue weighted by Gasteiger charge is 2.30. The fourth-order valence-corrected chi connectivity index (χ4v) is 1.59. The Labute approximate surface area is 113 Å². The highest BCUT2D eigenvalue weighted by Crippen LogP contribution is 2.31. The molecule has 0 aliphatic heterocycles. The van der Waals surface area contributed by atoms with E-state index in [4.69, 9.17) is 10.4 Å². The Kier molecular flexibility index (Phi) is 5.38. The van der Waals surface area contributed by atoms with Gasteiger partial charge >= 0.3 is 12.1 Å². The average Bonchev–Trinajstić information content (AvgIpc) is 2.36. The van der Waals surface area contributed by atoms with Gasteiger partial charge in [-0.1, -0.05) is 0 Å². The van der Waals surface area contributed by atoms with Gasteiger partial charge in [0.05, 0.1) is 16.8 Å². The van der Waals surface area contributed by atoms with E-state index in [0.29, 0.717) is 25.1 Å². The van der Waals surface area contributed by atoms with Gasteiger partial charge in [-0.2, -0.15) is 18.4 Å². The van der Waals surface area contributed by atoms with Crippen molar-refractivity contribution in [1.29, 1.82) is 5.26 Å². The van der Waals surface area contributed by atoms with E-state index in [9.17, 15) is 18.0 Å². The summed E-state index contributed by atoms with van der Waals surface area (Å²) in [5.41, 5.74) is -0.639. The molecule has 0 aromatic heterocycles. The minimum atomic E-state index is -4.48. The van der Waals surface area contributed by atoms with Crippen molar-refractivity contribution in [2.45, 2.75) is 25.4 Å². The second kappa shape index (κ2) is 6.80. The van der Waals surface area contributed by atoms with Crippen molar-refractivity contribution >= 4 is 11.7 Å². The largest absolute Gasteiger partial charge is 0.481 e. The molecule has 7 heteroatoms. The predicted molar refractivity (Wildman–Crippen MR) is 66.1 cm³/mol. The van der Waals surface area contributed by atoms with Gasteiger partial charge in [0.2, 0.25) is 0 Å². The van der Waals surface area contributed by atoms with E-state index < -0.39 is 17.7 Å². The van der Waals surface area contributed by atoms with Gasteiger partial charge in [-0.25, -0.2) is 0 Å². The number of nitriles is 1. The molecule has 0 spiro atoms. The Balaban J connectivity index is 2.63. The van der Waals surface area contributed by atoms with E-state index in [2.05, 4.69) is 5.32 Å². The van der Waals surface area contributed by atoms with Crippen LogP contribution in [0.1, 0.15) is 30.4 Å². The van der Waals surface area contributed by atoms with Crippen molar-refractivity contribution in [3.63, 3.8) is 0 Å². The average molecular weight is 286 g/mol. The van der Waals surface area contributed by atoms with Gasteiger partial charge in [0, 0.05) is 13.0 Å². The van der Waals surface area contributed by atoms with Crippen LogP contribution in [-0.4, -0.2) is 17.6 Å². The molecule has 1 rings (SSSR count). The zero-order chi connectivity index (χ0) is 15.2. The zero-order valence-electron chi connectivity index (χ0n) is 10.5. The fourth-order valence-electron chi connectivity index (χ4n) is 1.59. The van der Waals surface area contributed by atoms with Crippen molar-refractivity contribution in [2.75, 3.05) is 11.9 Å². The molecule has 0 aliphatic carbocycles. The Morgan fingerprint density at radius 3 is 2.60 bits per heavy atom. The first kappa shape index (κ1) is 15.8. The molecule has 0 fully saturated rings. The fraction of sp³-hybridized carbons (Fsp3) is 0.385. The third kappa shape index (κ3) is 4.80. The lowest BCUT2D eigenvalue weighted by Crippen LogP contribution is -2.08. The maximum atomic E-state index is 12.5. The van der Waals surface area contributed by atoms with Gasteiger partial charge in [0.25, 0.3) is 0 Å². The van der Waals surface area contributed by atoms with Crippen LogP contribution >= 0.6 is 0 Å². The number of hydrogen-bond acceptors (Lipinski definition) is 3. The van der Waals surface area contributed by atoms with Gasteiger partial charge in [-0.05, 0) is 31.0 Å².